The molecule has 4 rings (SSSR count). The minimum atomic E-state index is -0.376. The van der Waals surface area contributed by atoms with E-state index >= 15 is 0 Å². The molecule has 2 aromatic heterocycles. The van der Waals surface area contributed by atoms with E-state index in [1.54, 1.807) is 36.7 Å². The number of nitrogens with zero attached hydrogens (tertiary/aromatic N) is 4. The molecule has 1 fully saturated rings. The summed E-state index contributed by atoms with van der Waals surface area (Å²) in [6.45, 7) is 2.01. The summed E-state index contributed by atoms with van der Waals surface area (Å²) in [7, 11) is 0. The molecule has 0 spiro atoms. The third-order valence-corrected chi connectivity index (χ3v) is 5.19. The Morgan fingerprint density at radius 1 is 1.06 bits per heavy atom. The summed E-state index contributed by atoms with van der Waals surface area (Å²) >= 11 is 6.16. The number of pyridine rings is 1. The van der Waals surface area contributed by atoms with E-state index in [0.29, 0.717) is 17.2 Å². The number of anilines is 2. The van der Waals surface area contributed by atoms with Crippen molar-refractivity contribution in [2.45, 2.75) is 19.4 Å². The second-order valence-electron chi connectivity index (χ2n) is 7.13. The van der Waals surface area contributed by atoms with Gasteiger partial charge in [0.25, 0.3) is 11.8 Å². The maximum absolute atomic E-state index is 12.7. The number of carbonyl (C=O) groups is 2. The highest BCUT2D eigenvalue weighted by atomic mass is 35.5. The lowest BCUT2D eigenvalue weighted by atomic mass is 10.2. The van der Waals surface area contributed by atoms with Gasteiger partial charge in [0, 0.05) is 43.3 Å². The largest absolute Gasteiger partial charge is 0.347 e. The SMILES string of the molecule is O=C(Nc1cccc(CNC(=O)c2nc(N3CCCC3)ncc2Cl)c1)c1ccncc1. The van der Waals surface area contributed by atoms with Crippen LogP contribution in [0.15, 0.2) is 55.0 Å². The highest BCUT2D eigenvalue weighted by molar-refractivity contribution is 6.33. The van der Waals surface area contributed by atoms with Crippen LogP contribution < -0.4 is 15.5 Å². The molecule has 31 heavy (non-hydrogen) atoms. The Morgan fingerprint density at radius 3 is 2.61 bits per heavy atom. The number of nitrogens with one attached hydrogen (secondary N) is 2. The summed E-state index contributed by atoms with van der Waals surface area (Å²) in [4.78, 5) is 39.5. The Bertz CT molecular complexity index is 1090. The monoisotopic (exact) mass is 436 g/mol. The second kappa shape index (κ2) is 9.53. The first kappa shape index (κ1) is 20.7. The van der Waals surface area contributed by atoms with Gasteiger partial charge in [-0.3, -0.25) is 14.6 Å². The molecule has 1 aliphatic rings. The molecule has 158 valence electrons. The maximum atomic E-state index is 12.7. The molecule has 2 amide bonds. The van der Waals surface area contributed by atoms with Crippen molar-refractivity contribution in [2.75, 3.05) is 23.3 Å². The molecule has 8 nitrogen and oxygen atoms in total. The van der Waals surface area contributed by atoms with Crippen LogP contribution in [0, 0.1) is 0 Å². The first-order chi connectivity index (χ1) is 15.1. The van der Waals surface area contributed by atoms with E-state index in [1.165, 1.54) is 6.20 Å². The molecule has 3 heterocycles. The molecule has 0 atom stereocenters. The van der Waals surface area contributed by atoms with E-state index in [2.05, 4.69) is 25.6 Å². The minimum absolute atomic E-state index is 0.153. The van der Waals surface area contributed by atoms with Gasteiger partial charge in [0.15, 0.2) is 5.69 Å². The predicted octanol–water partition coefficient (Wildman–Crippen LogP) is 3.31. The molecular formula is C22H21ClN6O2. The van der Waals surface area contributed by atoms with Gasteiger partial charge in [-0.05, 0) is 42.7 Å². The molecule has 1 saturated heterocycles. The molecular weight excluding hydrogens is 416 g/mol. The van der Waals surface area contributed by atoms with Gasteiger partial charge in [0.1, 0.15) is 0 Å². The van der Waals surface area contributed by atoms with Crippen LogP contribution in [0.2, 0.25) is 5.02 Å². The topological polar surface area (TPSA) is 100 Å². The molecule has 9 heteroatoms. The Balaban J connectivity index is 1.40. The summed E-state index contributed by atoms with van der Waals surface area (Å²) in [6.07, 6.45) is 6.76. The molecule has 0 radical (unpaired) electrons. The average Bonchev–Trinajstić information content (AvgIpc) is 3.34. The number of halogens is 1. The van der Waals surface area contributed by atoms with Crippen molar-refractivity contribution in [3.8, 4) is 0 Å². The smallest absolute Gasteiger partial charge is 0.271 e. The van der Waals surface area contributed by atoms with Crippen molar-refractivity contribution in [1.82, 2.24) is 20.3 Å². The lowest BCUT2D eigenvalue weighted by molar-refractivity contribution is 0.0945. The van der Waals surface area contributed by atoms with Crippen LogP contribution in [0.4, 0.5) is 11.6 Å². The van der Waals surface area contributed by atoms with Gasteiger partial charge >= 0.3 is 0 Å². The van der Waals surface area contributed by atoms with Gasteiger partial charge in [-0.15, -0.1) is 0 Å². The van der Waals surface area contributed by atoms with Gasteiger partial charge < -0.3 is 15.5 Å². The van der Waals surface area contributed by atoms with E-state index in [1.807, 2.05) is 17.0 Å². The Kier molecular flexibility index (Phi) is 6.37. The Hall–Kier alpha value is -3.52. The van der Waals surface area contributed by atoms with E-state index in [0.717, 1.165) is 31.5 Å². The van der Waals surface area contributed by atoms with Gasteiger partial charge in [-0.2, -0.15) is 0 Å². The van der Waals surface area contributed by atoms with Crippen LogP contribution in [0.25, 0.3) is 0 Å². The number of rotatable bonds is 6. The molecule has 1 aromatic carbocycles. The Morgan fingerprint density at radius 2 is 1.84 bits per heavy atom. The van der Waals surface area contributed by atoms with Gasteiger partial charge in [-0.1, -0.05) is 23.7 Å². The van der Waals surface area contributed by atoms with Crippen LogP contribution in [0.5, 0.6) is 0 Å². The second-order valence-corrected chi connectivity index (χ2v) is 7.54. The number of hydrogen-bond donors (Lipinski definition) is 2. The van der Waals surface area contributed by atoms with Crippen molar-refractivity contribution in [2.24, 2.45) is 0 Å². The fraction of sp³-hybridized carbons (Fsp3) is 0.227. The molecule has 3 aromatic rings. The van der Waals surface area contributed by atoms with Crippen molar-refractivity contribution >= 4 is 35.1 Å². The van der Waals surface area contributed by atoms with Crippen molar-refractivity contribution in [3.05, 3.63) is 76.8 Å². The fourth-order valence-corrected chi connectivity index (χ4v) is 3.50. The maximum Gasteiger partial charge on any atom is 0.271 e. The quantitative estimate of drug-likeness (QED) is 0.615. The molecule has 1 aliphatic heterocycles. The number of hydrogen-bond acceptors (Lipinski definition) is 6. The van der Waals surface area contributed by atoms with E-state index < -0.39 is 0 Å². The van der Waals surface area contributed by atoms with E-state index in [9.17, 15) is 9.59 Å². The molecule has 0 aliphatic carbocycles. The normalized spacial score (nSPS) is 13.1. The van der Waals surface area contributed by atoms with Crippen LogP contribution in [-0.2, 0) is 6.54 Å². The third kappa shape index (κ3) is 5.16. The number of aromatic nitrogens is 3. The summed E-state index contributed by atoms with van der Waals surface area (Å²) in [5.74, 6) is -0.0854. The zero-order chi connectivity index (χ0) is 21.6. The number of amides is 2. The zero-order valence-corrected chi connectivity index (χ0v) is 17.5. The van der Waals surface area contributed by atoms with Crippen molar-refractivity contribution in [3.63, 3.8) is 0 Å². The predicted molar refractivity (Wildman–Crippen MR) is 118 cm³/mol. The first-order valence-corrected chi connectivity index (χ1v) is 10.3. The van der Waals surface area contributed by atoms with E-state index in [4.69, 9.17) is 11.6 Å². The highest BCUT2D eigenvalue weighted by Crippen LogP contribution is 2.20. The third-order valence-electron chi connectivity index (χ3n) is 4.92. The standard InChI is InChI=1S/C22H21ClN6O2/c23-18-14-26-22(29-10-1-2-11-29)28-19(18)21(31)25-13-15-4-3-5-17(12-15)27-20(30)16-6-8-24-9-7-16/h3-9,12,14H,1-2,10-11,13H2,(H,25,31)(H,27,30). The zero-order valence-electron chi connectivity index (χ0n) is 16.7. The van der Waals surface area contributed by atoms with Crippen LogP contribution in [0.3, 0.4) is 0 Å². The van der Waals surface area contributed by atoms with Gasteiger partial charge in [0.2, 0.25) is 5.95 Å². The van der Waals surface area contributed by atoms with Crippen molar-refractivity contribution in [1.29, 1.82) is 0 Å². The van der Waals surface area contributed by atoms with Crippen LogP contribution in [-0.4, -0.2) is 39.9 Å². The lowest BCUT2D eigenvalue weighted by Crippen LogP contribution is -2.27. The molecule has 0 saturated carbocycles. The lowest BCUT2D eigenvalue weighted by Gasteiger charge is -2.16. The highest BCUT2D eigenvalue weighted by Gasteiger charge is 2.19. The summed E-state index contributed by atoms with van der Waals surface area (Å²) in [5, 5.41) is 5.88. The molecule has 0 unspecified atom stereocenters. The van der Waals surface area contributed by atoms with Gasteiger partial charge in [-0.25, -0.2) is 9.97 Å². The van der Waals surface area contributed by atoms with Crippen LogP contribution in [0.1, 0.15) is 39.3 Å². The summed E-state index contributed by atoms with van der Waals surface area (Å²) in [6, 6.07) is 10.5. The average molecular weight is 437 g/mol. The fourth-order valence-electron chi connectivity index (χ4n) is 3.32. The Labute approximate surface area is 184 Å². The number of carbonyl (C=O) groups excluding carboxylic acids is 2. The number of benzene rings is 1. The summed E-state index contributed by atoms with van der Waals surface area (Å²) < 4.78 is 0. The molecule has 2 N–H and O–H groups in total. The van der Waals surface area contributed by atoms with Crippen LogP contribution >= 0.6 is 11.6 Å². The van der Waals surface area contributed by atoms with E-state index in [-0.39, 0.29) is 29.1 Å². The first-order valence-electron chi connectivity index (χ1n) is 9.96. The van der Waals surface area contributed by atoms with Gasteiger partial charge in [0.05, 0.1) is 11.2 Å². The minimum Gasteiger partial charge on any atom is -0.347 e. The molecule has 0 bridgehead atoms. The summed E-state index contributed by atoms with van der Waals surface area (Å²) in [5.41, 5.74) is 2.12. The van der Waals surface area contributed by atoms with Crippen molar-refractivity contribution < 1.29 is 9.59 Å².